The van der Waals surface area contributed by atoms with E-state index in [0.717, 1.165) is 17.0 Å². The molecule has 156 valence electrons. The maximum atomic E-state index is 12.3. The van der Waals surface area contributed by atoms with E-state index in [4.69, 9.17) is 0 Å². The van der Waals surface area contributed by atoms with Crippen molar-refractivity contribution in [1.82, 2.24) is 30.0 Å². The van der Waals surface area contributed by atoms with Crippen LogP contribution >= 0.6 is 24.0 Å². The number of hydrogen-bond donors (Lipinski definition) is 3. The number of sulfonamides is 1. The van der Waals surface area contributed by atoms with Crippen LogP contribution in [-0.2, 0) is 16.6 Å². The fourth-order valence-electron chi connectivity index (χ4n) is 2.56. The summed E-state index contributed by atoms with van der Waals surface area (Å²) >= 11 is 0. The molecule has 0 radical (unpaired) electrons. The highest BCUT2D eigenvalue weighted by Gasteiger charge is 2.12. The molecule has 3 N–H and O–H groups in total. The maximum Gasteiger partial charge on any atom is 0.240 e. The van der Waals surface area contributed by atoms with Crippen LogP contribution in [0.3, 0.4) is 0 Å². The van der Waals surface area contributed by atoms with Crippen molar-refractivity contribution in [2.45, 2.75) is 18.4 Å². The molecule has 0 aliphatic heterocycles. The third-order valence-electron chi connectivity index (χ3n) is 4.06. The lowest BCUT2D eigenvalue weighted by Crippen LogP contribution is -2.41. The molecule has 29 heavy (non-hydrogen) atoms. The third kappa shape index (κ3) is 6.11. The quantitative estimate of drug-likeness (QED) is 0.184. The van der Waals surface area contributed by atoms with Gasteiger partial charge in [0.1, 0.15) is 0 Å². The summed E-state index contributed by atoms with van der Waals surface area (Å²) in [4.78, 5) is 4.38. The second-order valence-corrected chi connectivity index (χ2v) is 7.88. The number of aliphatic imine (C=N–C) groups is 1. The first-order chi connectivity index (χ1) is 13.5. The van der Waals surface area contributed by atoms with Crippen LogP contribution in [0.25, 0.3) is 5.65 Å². The number of guanidine groups is 1. The van der Waals surface area contributed by atoms with Crippen LogP contribution < -0.4 is 15.4 Å². The van der Waals surface area contributed by atoms with Crippen molar-refractivity contribution in [2.24, 2.45) is 4.99 Å². The fourth-order valence-corrected chi connectivity index (χ4v) is 3.59. The predicted octanol–water partition coefficient (Wildman–Crippen LogP) is 1.30. The minimum absolute atomic E-state index is 0. The Morgan fingerprint density at radius 3 is 2.55 bits per heavy atom. The Morgan fingerprint density at radius 1 is 1.07 bits per heavy atom. The van der Waals surface area contributed by atoms with Crippen molar-refractivity contribution >= 4 is 45.6 Å². The van der Waals surface area contributed by atoms with Gasteiger partial charge in [-0.2, -0.15) is 0 Å². The van der Waals surface area contributed by atoms with Gasteiger partial charge in [-0.05, 0) is 31.2 Å². The average molecular weight is 529 g/mol. The van der Waals surface area contributed by atoms with Gasteiger partial charge in [0.05, 0.1) is 11.4 Å². The highest BCUT2D eigenvalue weighted by molar-refractivity contribution is 14.0. The standard InChI is InChI=1S/C18H23N7O2S.HI/c1-14-6-8-15(9-7-14)28(26,27)22-11-10-20-18(19-2)21-13-17-24-23-16-5-3-4-12-25(16)17;/h3-9,12,22H,10-11,13H2,1-2H3,(H2,19,20,21);1H. The van der Waals surface area contributed by atoms with E-state index >= 15 is 0 Å². The minimum Gasteiger partial charge on any atom is -0.355 e. The summed E-state index contributed by atoms with van der Waals surface area (Å²) in [6.07, 6.45) is 1.89. The largest absolute Gasteiger partial charge is 0.355 e. The Labute approximate surface area is 187 Å². The lowest BCUT2D eigenvalue weighted by atomic mass is 10.2. The van der Waals surface area contributed by atoms with E-state index in [0.29, 0.717) is 19.0 Å². The van der Waals surface area contributed by atoms with Crippen LogP contribution in [0.5, 0.6) is 0 Å². The third-order valence-corrected chi connectivity index (χ3v) is 5.54. The highest BCUT2D eigenvalue weighted by Crippen LogP contribution is 2.09. The number of fused-ring (bicyclic) bond motifs is 1. The Hall–Kier alpha value is -2.25. The van der Waals surface area contributed by atoms with E-state index in [2.05, 4.69) is 30.5 Å². The number of aryl methyl sites for hydroxylation is 1. The van der Waals surface area contributed by atoms with Gasteiger partial charge in [-0.3, -0.25) is 9.39 Å². The molecule has 0 aliphatic rings. The van der Waals surface area contributed by atoms with Gasteiger partial charge < -0.3 is 10.6 Å². The average Bonchev–Trinajstić information content (AvgIpc) is 3.11. The molecule has 9 nitrogen and oxygen atoms in total. The Morgan fingerprint density at radius 2 is 1.83 bits per heavy atom. The number of benzene rings is 1. The molecule has 0 amide bonds. The summed E-state index contributed by atoms with van der Waals surface area (Å²) in [5.74, 6) is 1.29. The SMILES string of the molecule is CN=C(NCCNS(=O)(=O)c1ccc(C)cc1)NCc1nnc2ccccn12.I. The van der Waals surface area contributed by atoms with Crippen LogP contribution in [0.15, 0.2) is 58.5 Å². The van der Waals surface area contributed by atoms with Gasteiger partial charge >= 0.3 is 0 Å². The van der Waals surface area contributed by atoms with Crippen LogP contribution in [0.4, 0.5) is 0 Å². The van der Waals surface area contributed by atoms with Gasteiger partial charge in [0, 0.05) is 26.3 Å². The van der Waals surface area contributed by atoms with E-state index in [1.165, 1.54) is 0 Å². The molecule has 0 saturated heterocycles. The number of halogens is 1. The number of aromatic nitrogens is 3. The Bertz CT molecular complexity index is 1070. The number of nitrogens with zero attached hydrogens (tertiary/aromatic N) is 4. The van der Waals surface area contributed by atoms with E-state index in [-0.39, 0.29) is 35.4 Å². The molecule has 0 bridgehead atoms. The molecular formula is C18H24IN7O2S. The Kier molecular flexibility index (Phi) is 8.34. The first-order valence-electron chi connectivity index (χ1n) is 8.79. The summed E-state index contributed by atoms with van der Waals surface area (Å²) < 4.78 is 29.0. The molecule has 0 aliphatic carbocycles. The highest BCUT2D eigenvalue weighted by atomic mass is 127. The number of nitrogens with one attached hydrogen (secondary N) is 3. The molecule has 0 fully saturated rings. The van der Waals surface area contributed by atoms with Crippen molar-refractivity contribution in [3.05, 3.63) is 60.0 Å². The van der Waals surface area contributed by atoms with Crippen molar-refractivity contribution in [1.29, 1.82) is 0 Å². The first-order valence-corrected chi connectivity index (χ1v) is 10.3. The van der Waals surface area contributed by atoms with Crippen molar-refractivity contribution < 1.29 is 8.42 Å². The lowest BCUT2D eigenvalue weighted by molar-refractivity contribution is 0.580. The first kappa shape index (κ1) is 23.0. The van der Waals surface area contributed by atoms with Gasteiger partial charge in [0.2, 0.25) is 10.0 Å². The molecule has 1 aromatic carbocycles. The molecule has 2 heterocycles. The second-order valence-electron chi connectivity index (χ2n) is 6.11. The summed E-state index contributed by atoms with van der Waals surface area (Å²) in [5, 5.41) is 14.4. The van der Waals surface area contributed by atoms with Crippen LogP contribution in [-0.4, -0.2) is 49.1 Å². The monoisotopic (exact) mass is 529 g/mol. The van der Waals surface area contributed by atoms with Crippen LogP contribution in [0.1, 0.15) is 11.4 Å². The van der Waals surface area contributed by atoms with E-state index in [1.54, 1.807) is 31.3 Å². The number of rotatable bonds is 7. The van der Waals surface area contributed by atoms with Crippen molar-refractivity contribution in [3.8, 4) is 0 Å². The van der Waals surface area contributed by atoms with Crippen LogP contribution in [0, 0.1) is 6.92 Å². The fraction of sp³-hybridized carbons (Fsp3) is 0.278. The molecular weight excluding hydrogens is 505 g/mol. The zero-order valence-corrected chi connectivity index (χ0v) is 19.3. The van der Waals surface area contributed by atoms with Gasteiger partial charge in [-0.1, -0.05) is 23.8 Å². The summed E-state index contributed by atoms with van der Waals surface area (Å²) in [7, 11) is -1.88. The summed E-state index contributed by atoms with van der Waals surface area (Å²) in [5.41, 5.74) is 1.78. The molecule has 0 unspecified atom stereocenters. The van der Waals surface area contributed by atoms with Crippen molar-refractivity contribution in [3.63, 3.8) is 0 Å². The molecule has 2 aromatic heterocycles. The van der Waals surface area contributed by atoms with Gasteiger partial charge in [0.15, 0.2) is 17.4 Å². The smallest absolute Gasteiger partial charge is 0.240 e. The number of hydrogen-bond acceptors (Lipinski definition) is 5. The summed E-state index contributed by atoms with van der Waals surface area (Å²) in [6.45, 7) is 2.95. The van der Waals surface area contributed by atoms with Crippen LogP contribution in [0.2, 0.25) is 0 Å². The van der Waals surface area contributed by atoms with E-state index in [9.17, 15) is 8.42 Å². The zero-order valence-electron chi connectivity index (χ0n) is 16.2. The zero-order chi connectivity index (χ0) is 20.0. The maximum absolute atomic E-state index is 12.3. The normalized spacial score (nSPS) is 11.9. The lowest BCUT2D eigenvalue weighted by Gasteiger charge is -2.12. The molecule has 0 atom stereocenters. The van der Waals surface area contributed by atoms with E-state index in [1.807, 2.05) is 35.7 Å². The molecule has 0 saturated carbocycles. The minimum atomic E-state index is -3.53. The molecule has 3 rings (SSSR count). The Balaban J connectivity index is 0.00000300. The van der Waals surface area contributed by atoms with Gasteiger partial charge in [-0.25, -0.2) is 13.1 Å². The molecule has 0 spiro atoms. The second kappa shape index (κ2) is 10.5. The number of pyridine rings is 1. The topological polar surface area (TPSA) is 113 Å². The van der Waals surface area contributed by atoms with Gasteiger partial charge in [0.25, 0.3) is 0 Å². The summed E-state index contributed by atoms with van der Waals surface area (Å²) in [6, 6.07) is 12.4. The van der Waals surface area contributed by atoms with Crippen molar-refractivity contribution in [2.75, 3.05) is 20.1 Å². The molecule has 3 aromatic rings. The van der Waals surface area contributed by atoms with E-state index < -0.39 is 10.0 Å². The molecule has 11 heteroatoms. The van der Waals surface area contributed by atoms with Gasteiger partial charge in [-0.15, -0.1) is 34.2 Å². The predicted molar refractivity (Wildman–Crippen MR) is 123 cm³/mol.